The van der Waals surface area contributed by atoms with Crippen LogP contribution in [-0.4, -0.2) is 11.6 Å². The van der Waals surface area contributed by atoms with Crippen molar-refractivity contribution < 1.29 is 9.53 Å². The van der Waals surface area contributed by atoms with Crippen LogP contribution in [0.15, 0.2) is 11.8 Å². The first-order chi connectivity index (χ1) is 4.87. The van der Waals surface area contributed by atoms with E-state index in [-0.39, 0.29) is 5.70 Å². The van der Waals surface area contributed by atoms with Crippen molar-refractivity contribution in [1.82, 2.24) is 0 Å². The Hall–Kier alpha value is -0.990. The van der Waals surface area contributed by atoms with Crippen LogP contribution >= 0.6 is 0 Å². The highest BCUT2D eigenvalue weighted by atomic mass is 16.6. The third-order valence-corrected chi connectivity index (χ3v) is 0.946. The van der Waals surface area contributed by atoms with Gasteiger partial charge in [0.15, 0.2) is 0 Å². The minimum absolute atomic E-state index is 0.153. The summed E-state index contributed by atoms with van der Waals surface area (Å²) in [6.45, 7) is 7.09. The van der Waals surface area contributed by atoms with Gasteiger partial charge < -0.3 is 10.5 Å². The largest absolute Gasteiger partial charge is 0.455 e. The highest BCUT2D eigenvalue weighted by Crippen LogP contribution is 2.08. The minimum atomic E-state index is -0.468. The Morgan fingerprint density at radius 2 is 1.91 bits per heavy atom. The molecular formula is C8H15NO2. The molecule has 0 aliphatic rings. The minimum Gasteiger partial charge on any atom is -0.455 e. The summed E-state index contributed by atoms with van der Waals surface area (Å²) in [4.78, 5) is 11.0. The second-order valence-electron chi connectivity index (χ2n) is 3.25. The topological polar surface area (TPSA) is 52.3 Å². The fourth-order valence-electron chi connectivity index (χ4n) is 0.455. The molecule has 0 unspecified atom stereocenters. The van der Waals surface area contributed by atoms with E-state index in [0.29, 0.717) is 0 Å². The molecular weight excluding hydrogens is 142 g/mol. The maximum absolute atomic E-state index is 11.0. The van der Waals surface area contributed by atoms with Crippen molar-refractivity contribution in [1.29, 1.82) is 0 Å². The lowest BCUT2D eigenvalue weighted by Gasteiger charge is -2.19. The Bertz CT molecular complexity index is 177. The molecule has 2 N–H and O–H groups in total. The van der Waals surface area contributed by atoms with E-state index in [1.165, 1.54) is 6.08 Å². The number of hydrogen-bond acceptors (Lipinski definition) is 3. The molecule has 0 atom stereocenters. The molecule has 11 heavy (non-hydrogen) atoms. The molecule has 0 aromatic heterocycles. The maximum atomic E-state index is 11.0. The van der Waals surface area contributed by atoms with Gasteiger partial charge in [-0.15, -0.1) is 0 Å². The number of nitrogens with two attached hydrogens (primary N) is 1. The van der Waals surface area contributed by atoms with Gasteiger partial charge in [-0.25, -0.2) is 4.79 Å². The van der Waals surface area contributed by atoms with Gasteiger partial charge in [0.25, 0.3) is 0 Å². The molecule has 0 aromatic carbocycles. The van der Waals surface area contributed by atoms with E-state index < -0.39 is 11.6 Å². The lowest BCUT2D eigenvalue weighted by atomic mass is 10.2. The summed E-state index contributed by atoms with van der Waals surface area (Å²) in [6, 6.07) is 0. The monoisotopic (exact) mass is 157 g/mol. The Kier molecular flexibility index (Phi) is 3.11. The molecule has 64 valence electrons. The van der Waals surface area contributed by atoms with E-state index in [9.17, 15) is 4.79 Å². The first-order valence-corrected chi connectivity index (χ1v) is 3.52. The van der Waals surface area contributed by atoms with E-state index in [2.05, 4.69) is 0 Å². The summed E-state index contributed by atoms with van der Waals surface area (Å²) < 4.78 is 4.96. The molecule has 3 nitrogen and oxygen atoms in total. The molecule has 3 heteroatoms. The average Bonchev–Trinajstić information content (AvgIpc) is 1.82. The van der Waals surface area contributed by atoms with Crippen molar-refractivity contribution >= 4 is 5.97 Å². The van der Waals surface area contributed by atoms with E-state index in [1.54, 1.807) is 27.7 Å². The molecule has 0 saturated carbocycles. The molecule has 0 bridgehead atoms. The molecule has 0 radical (unpaired) electrons. The van der Waals surface area contributed by atoms with Crippen LogP contribution in [0, 0.1) is 0 Å². The average molecular weight is 157 g/mol. The summed E-state index contributed by atoms with van der Waals surface area (Å²) in [5, 5.41) is 0. The van der Waals surface area contributed by atoms with E-state index in [1.807, 2.05) is 0 Å². The number of carbonyl (C=O) groups excluding carboxylic acids is 1. The molecule has 0 rings (SSSR count). The Labute approximate surface area is 67.2 Å². The third kappa shape index (κ3) is 4.42. The van der Waals surface area contributed by atoms with Gasteiger partial charge in [0.05, 0.1) is 0 Å². The summed E-state index contributed by atoms with van der Waals surface area (Å²) >= 11 is 0. The fourth-order valence-corrected chi connectivity index (χ4v) is 0.455. The van der Waals surface area contributed by atoms with Crippen molar-refractivity contribution in [3.63, 3.8) is 0 Å². The zero-order valence-electron chi connectivity index (χ0n) is 7.47. The van der Waals surface area contributed by atoms with Crippen LogP contribution in [0.5, 0.6) is 0 Å². The molecule has 0 heterocycles. The molecule has 0 aliphatic carbocycles. The highest BCUT2D eigenvalue weighted by molar-refractivity contribution is 5.87. The lowest BCUT2D eigenvalue weighted by molar-refractivity contribution is -0.149. The summed E-state index contributed by atoms with van der Waals surface area (Å²) in [5.74, 6) is -0.458. The highest BCUT2D eigenvalue weighted by Gasteiger charge is 2.17. The second-order valence-corrected chi connectivity index (χ2v) is 3.25. The molecule has 0 aromatic rings. The quantitative estimate of drug-likeness (QED) is 0.459. The predicted octanol–water partition coefficient (Wildman–Crippen LogP) is 1.19. The standard InChI is InChI=1S/C8H15NO2/c1-5-6(9)7(10)11-8(2,3)4/h5H,9H2,1-4H3. The summed E-state index contributed by atoms with van der Waals surface area (Å²) in [7, 11) is 0. The van der Waals surface area contributed by atoms with Crippen molar-refractivity contribution in [2.45, 2.75) is 33.3 Å². The number of esters is 1. The van der Waals surface area contributed by atoms with Crippen molar-refractivity contribution in [3.8, 4) is 0 Å². The number of allylic oxidation sites excluding steroid dienone is 1. The zero-order valence-corrected chi connectivity index (χ0v) is 7.47. The fraction of sp³-hybridized carbons (Fsp3) is 0.625. The van der Waals surface area contributed by atoms with Crippen molar-refractivity contribution in [3.05, 3.63) is 11.8 Å². The SMILES string of the molecule is CC=C(N)C(=O)OC(C)(C)C. The van der Waals surface area contributed by atoms with Gasteiger partial charge in [-0.2, -0.15) is 0 Å². The van der Waals surface area contributed by atoms with Gasteiger partial charge in [-0.05, 0) is 27.7 Å². The number of carbonyl (C=O) groups is 1. The number of hydrogen-bond donors (Lipinski definition) is 1. The van der Waals surface area contributed by atoms with Gasteiger partial charge in [-0.3, -0.25) is 0 Å². The van der Waals surface area contributed by atoms with E-state index >= 15 is 0 Å². The third-order valence-electron chi connectivity index (χ3n) is 0.946. The Morgan fingerprint density at radius 3 is 2.18 bits per heavy atom. The molecule has 0 amide bonds. The molecule has 0 fully saturated rings. The van der Waals surface area contributed by atoms with Gasteiger partial charge >= 0.3 is 5.97 Å². The molecule has 0 aliphatic heterocycles. The normalized spacial score (nSPS) is 12.9. The molecule has 0 saturated heterocycles. The number of rotatable bonds is 1. The van der Waals surface area contributed by atoms with Crippen LogP contribution in [0.1, 0.15) is 27.7 Å². The smallest absolute Gasteiger partial charge is 0.354 e. The van der Waals surface area contributed by atoms with E-state index in [0.717, 1.165) is 0 Å². The lowest BCUT2D eigenvalue weighted by Crippen LogP contribution is -2.27. The van der Waals surface area contributed by atoms with Crippen LogP contribution in [0.25, 0.3) is 0 Å². The predicted molar refractivity (Wildman–Crippen MR) is 43.8 cm³/mol. The van der Waals surface area contributed by atoms with Gasteiger partial charge in [0, 0.05) is 0 Å². The first-order valence-electron chi connectivity index (χ1n) is 3.52. The second kappa shape index (κ2) is 3.42. The summed E-state index contributed by atoms with van der Waals surface area (Å²) in [6.07, 6.45) is 1.52. The van der Waals surface area contributed by atoms with Crippen LogP contribution in [0.4, 0.5) is 0 Å². The summed E-state index contributed by atoms with van der Waals surface area (Å²) in [5.41, 5.74) is 5.00. The van der Waals surface area contributed by atoms with Crippen LogP contribution in [0.3, 0.4) is 0 Å². The Morgan fingerprint density at radius 1 is 1.45 bits per heavy atom. The van der Waals surface area contributed by atoms with Crippen LogP contribution in [0.2, 0.25) is 0 Å². The molecule has 0 spiro atoms. The Balaban J connectivity index is 4.10. The van der Waals surface area contributed by atoms with Crippen molar-refractivity contribution in [2.75, 3.05) is 0 Å². The van der Waals surface area contributed by atoms with Gasteiger partial charge in [0.1, 0.15) is 11.3 Å². The van der Waals surface area contributed by atoms with Crippen LogP contribution in [-0.2, 0) is 9.53 Å². The van der Waals surface area contributed by atoms with E-state index in [4.69, 9.17) is 10.5 Å². The van der Waals surface area contributed by atoms with Gasteiger partial charge in [-0.1, -0.05) is 6.08 Å². The first kappa shape index (κ1) is 10.0. The van der Waals surface area contributed by atoms with Crippen molar-refractivity contribution in [2.24, 2.45) is 5.73 Å². The zero-order chi connectivity index (χ0) is 9.07. The number of ether oxygens (including phenoxy) is 1. The van der Waals surface area contributed by atoms with Gasteiger partial charge in [0.2, 0.25) is 0 Å². The van der Waals surface area contributed by atoms with Crippen LogP contribution < -0.4 is 5.73 Å². The maximum Gasteiger partial charge on any atom is 0.354 e.